The van der Waals surface area contributed by atoms with E-state index in [-0.39, 0.29) is 22.9 Å². The van der Waals surface area contributed by atoms with E-state index in [0.717, 1.165) is 6.07 Å². The Bertz CT molecular complexity index is 300. The van der Waals surface area contributed by atoms with Crippen LogP contribution in [-0.4, -0.2) is 4.98 Å². The first-order valence-corrected chi connectivity index (χ1v) is 3.12. The first-order chi connectivity index (χ1) is 5.52. The van der Waals surface area contributed by atoms with Crippen LogP contribution in [0.2, 0.25) is 0 Å². The van der Waals surface area contributed by atoms with Gasteiger partial charge in [0.15, 0.2) is 0 Å². The van der Waals surface area contributed by atoms with Crippen molar-refractivity contribution in [3.05, 3.63) is 11.6 Å². The first kappa shape index (κ1) is 8.51. The van der Waals surface area contributed by atoms with Gasteiger partial charge < -0.3 is 17.2 Å². The molecule has 1 heterocycles. The number of nitrogens with zero attached hydrogens (tertiary/aromatic N) is 1. The van der Waals surface area contributed by atoms with Crippen LogP contribution >= 0.6 is 0 Å². The van der Waals surface area contributed by atoms with Crippen molar-refractivity contribution < 1.29 is 8.78 Å². The third kappa shape index (κ3) is 1.36. The van der Waals surface area contributed by atoms with Gasteiger partial charge in [0.25, 0.3) is 6.43 Å². The van der Waals surface area contributed by atoms with E-state index in [2.05, 4.69) is 4.98 Å². The van der Waals surface area contributed by atoms with E-state index in [0.29, 0.717) is 0 Å². The lowest BCUT2D eigenvalue weighted by Gasteiger charge is -2.06. The van der Waals surface area contributed by atoms with Crippen LogP contribution in [0.15, 0.2) is 6.07 Å². The van der Waals surface area contributed by atoms with Gasteiger partial charge in [0, 0.05) is 5.56 Å². The van der Waals surface area contributed by atoms with Crippen molar-refractivity contribution >= 4 is 17.3 Å². The molecule has 0 spiro atoms. The summed E-state index contributed by atoms with van der Waals surface area (Å²) in [6.07, 6.45) is -2.68. The van der Waals surface area contributed by atoms with Crippen LogP contribution in [-0.2, 0) is 0 Å². The van der Waals surface area contributed by atoms with E-state index in [1.165, 1.54) is 0 Å². The lowest BCUT2D eigenvalue weighted by Crippen LogP contribution is -2.05. The Morgan fingerprint density at radius 1 is 1.25 bits per heavy atom. The monoisotopic (exact) mass is 174 g/mol. The highest BCUT2D eigenvalue weighted by Gasteiger charge is 2.14. The van der Waals surface area contributed by atoms with Crippen molar-refractivity contribution in [3.8, 4) is 0 Å². The van der Waals surface area contributed by atoms with Gasteiger partial charge in [0.2, 0.25) is 0 Å². The van der Waals surface area contributed by atoms with Crippen LogP contribution in [0.4, 0.5) is 26.1 Å². The van der Waals surface area contributed by atoms with Gasteiger partial charge in [-0.1, -0.05) is 0 Å². The number of halogens is 2. The maximum atomic E-state index is 12.2. The lowest BCUT2D eigenvalue weighted by molar-refractivity contribution is 0.152. The van der Waals surface area contributed by atoms with Crippen molar-refractivity contribution in [2.24, 2.45) is 0 Å². The van der Waals surface area contributed by atoms with Crippen molar-refractivity contribution in [2.45, 2.75) is 6.43 Å². The minimum Gasteiger partial charge on any atom is -0.395 e. The Kier molecular flexibility index (Phi) is 1.99. The van der Waals surface area contributed by atoms with E-state index < -0.39 is 6.43 Å². The molecule has 12 heavy (non-hydrogen) atoms. The minimum absolute atomic E-state index is 0.0583. The highest BCUT2D eigenvalue weighted by Crippen LogP contribution is 2.29. The third-order valence-corrected chi connectivity index (χ3v) is 1.37. The summed E-state index contributed by atoms with van der Waals surface area (Å²) in [6, 6.07) is 1.01. The maximum absolute atomic E-state index is 12.2. The fraction of sp³-hybridized carbons (Fsp3) is 0.167. The van der Waals surface area contributed by atoms with Crippen LogP contribution in [0.5, 0.6) is 0 Å². The average Bonchev–Trinajstić information content (AvgIpc) is 1.96. The molecule has 0 aliphatic heterocycles. The van der Waals surface area contributed by atoms with Gasteiger partial charge in [-0.15, -0.1) is 0 Å². The molecule has 0 atom stereocenters. The minimum atomic E-state index is -2.68. The largest absolute Gasteiger partial charge is 0.395 e. The number of aromatic nitrogens is 1. The quantitative estimate of drug-likeness (QED) is 0.586. The van der Waals surface area contributed by atoms with E-state index in [1.807, 2.05) is 0 Å². The van der Waals surface area contributed by atoms with Crippen LogP contribution in [0, 0.1) is 0 Å². The summed E-state index contributed by atoms with van der Waals surface area (Å²) < 4.78 is 24.3. The van der Waals surface area contributed by atoms with Crippen molar-refractivity contribution in [1.29, 1.82) is 0 Å². The molecule has 0 saturated heterocycles. The molecule has 66 valence electrons. The molecule has 0 saturated carbocycles. The molecule has 0 radical (unpaired) electrons. The van der Waals surface area contributed by atoms with Crippen molar-refractivity contribution in [2.75, 3.05) is 17.2 Å². The molecule has 1 aromatic heterocycles. The molecular weight excluding hydrogens is 166 g/mol. The molecule has 6 heteroatoms. The zero-order valence-corrected chi connectivity index (χ0v) is 6.09. The Labute approximate surface area is 67.4 Å². The van der Waals surface area contributed by atoms with Gasteiger partial charge in [0.05, 0.1) is 5.69 Å². The number of pyridine rings is 1. The van der Waals surface area contributed by atoms with Gasteiger partial charge >= 0.3 is 0 Å². The number of alkyl halides is 2. The molecule has 0 aliphatic rings. The smallest absolute Gasteiger partial charge is 0.266 e. The van der Waals surface area contributed by atoms with Gasteiger partial charge in [-0.05, 0) is 6.07 Å². The molecule has 0 amide bonds. The molecule has 1 aromatic rings. The molecular formula is C6H8F2N4. The topological polar surface area (TPSA) is 91.0 Å². The van der Waals surface area contributed by atoms with Crippen LogP contribution < -0.4 is 17.2 Å². The van der Waals surface area contributed by atoms with Crippen molar-refractivity contribution in [3.63, 3.8) is 0 Å². The third-order valence-electron chi connectivity index (χ3n) is 1.37. The molecule has 0 aliphatic carbocycles. The van der Waals surface area contributed by atoms with E-state index in [9.17, 15) is 8.78 Å². The second kappa shape index (κ2) is 2.80. The second-order valence-electron chi connectivity index (χ2n) is 2.24. The summed E-state index contributed by atoms with van der Waals surface area (Å²) in [5.41, 5.74) is 15.0. The number of hydrogen-bond acceptors (Lipinski definition) is 4. The highest BCUT2D eigenvalue weighted by atomic mass is 19.3. The second-order valence-corrected chi connectivity index (χ2v) is 2.24. The lowest BCUT2D eigenvalue weighted by atomic mass is 10.2. The zero-order valence-electron chi connectivity index (χ0n) is 6.09. The summed E-state index contributed by atoms with van der Waals surface area (Å²) in [5.74, 6) is -0.220. The Balaban J connectivity index is 3.28. The summed E-state index contributed by atoms with van der Waals surface area (Å²) in [4.78, 5) is 3.51. The number of rotatable bonds is 1. The number of nitrogens with two attached hydrogens (primary N) is 3. The van der Waals surface area contributed by atoms with Gasteiger partial charge in [-0.25, -0.2) is 13.8 Å². The summed E-state index contributed by atoms with van der Waals surface area (Å²) in [7, 11) is 0. The molecule has 0 unspecified atom stereocenters. The fourth-order valence-corrected chi connectivity index (χ4v) is 0.797. The van der Waals surface area contributed by atoms with E-state index >= 15 is 0 Å². The summed E-state index contributed by atoms with van der Waals surface area (Å²) >= 11 is 0. The SMILES string of the molecule is Nc1cc(C(F)F)c(N)c(N)n1. The predicted octanol–water partition coefficient (Wildman–Crippen LogP) is 0.766. The number of nitrogen functional groups attached to an aromatic ring is 3. The Morgan fingerprint density at radius 2 is 1.83 bits per heavy atom. The molecule has 1 rings (SSSR count). The normalized spacial score (nSPS) is 10.6. The Morgan fingerprint density at radius 3 is 2.33 bits per heavy atom. The van der Waals surface area contributed by atoms with Gasteiger partial charge in [-0.3, -0.25) is 0 Å². The van der Waals surface area contributed by atoms with Crippen LogP contribution in [0.1, 0.15) is 12.0 Å². The Hall–Kier alpha value is -1.59. The van der Waals surface area contributed by atoms with Gasteiger partial charge in [-0.2, -0.15) is 0 Å². The standard InChI is InChI=1S/C6H8F2N4/c7-5(8)2-1-3(9)12-6(11)4(2)10/h1,5H,10H2,(H4,9,11,12). The zero-order chi connectivity index (χ0) is 9.30. The molecule has 6 N–H and O–H groups in total. The van der Waals surface area contributed by atoms with Crippen molar-refractivity contribution in [1.82, 2.24) is 4.98 Å². The number of anilines is 3. The van der Waals surface area contributed by atoms with Crippen LogP contribution in [0.25, 0.3) is 0 Å². The number of hydrogen-bond donors (Lipinski definition) is 3. The summed E-state index contributed by atoms with van der Waals surface area (Å²) in [5, 5.41) is 0. The molecule has 0 bridgehead atoms. The molecule has 0 fully saturated rings. The summed E-state index contributed by atoms with van der Waals surface area (Å²) in [6.45, 7) is 0. The highest BCUT2D eigenvalue weighted by molar-refractivity contribution is 5.66. The average molecular weight is 174 g/mol. The molecule has 4 nitrogen and oxygen atoms in total. The maximum Gasteiger partial charge on any atom is 0.266 e. The van der Waals surface area contributed by atoms with E-state index in [4.69, 9.17) is 17.2 Å². The van der Waals surface area contributed by atoms with Crippen LogP contribution in [0.3, 0.4) is 0 Å². The fourth-order valence-electron chi connectivity index (χ4n) is 0.797. The predicted molar refractivity (Wildman–Crippen MR) is 42.4 cm³/mol. The van der Waals surface area contributed by atoms with Gasteiger partial charge in [0.1, 0.15) is 11.6 Å². The first-order valence-electron chi connectivity index (χ1n) is 3.12. The van der Waals surface area contributed by atoms with E-state index in [1.54, 1.807) is 0 Å². The molecule has 0 aromatic carbocycles.